The molecular formula is C43H24O2S. The van der Waals surface area contributed by atoms with E-state index in [0.717, 1.165) is 10.1 Å². The minimum absolute atomic E-state index is 0.0142. The van der Waals surface area contributed by atoms with Gasteiger partial charge in [-0.25, -0.2) is 0 Å². The molecule has 2 heterocycles. The van der Waals surface area contributed by atoms with Crippen molar-refractivity contribution in [3.05, 3.63) is 156 Å². The maximum atomic E-state index is 13.4. The van der Waals surface area contributed by atoms with Crippen molar-refractivity contribution in [3.63, 3.8) is 0 Å². The van der Waals surface area contributed by atoms with E-state index in [1.54, 1.807) is 11.3 Å². The number of benzene rings is 8. The predicted octanol–water partition coefficient (Wildman–Crippen LogP) is 12.1. The molecule has 0 radical (unpaired) electrons. The average molecular weight is 605 g/mol. The molecule has 214 valence electrons. The molecular weight excluding hydrogens is 581 g/mol. The van der Waals surface area contributed by atoms with Crippen LogP contribution in [0.3, 0.4) is 0 Å². The lowest BCUT2D eigenvalue weighted by molar-refractivity contribution is 0.660. The van der Waals surface area contributed by atoms with Crippen LogP contribution < -0.4 is 5.43 Å². The Labute approximate surface area is 267 Å². The van der Waals surface area contributed by atoms with Crippen molar-refractivity contribution in [2.45, 2.75) is 0 Å². The molecule has 0 spiro atoms. The molecule has 8 aromatic carbocycles. The standard InChI is InChI=1S/C43H24O2S/c44-42-35-15-5-6-18-39(35)45-40-23-37-34-17-8-16-28(43(34)46-41(37)24-38(40)42)27-10-7-9-25(21-27)26-19-20-33-31-13-2-1-11-29(31)30-12-3-4-14-32(30)36(33)22-26/h1-24H. The zero-order chi connectivity index (χ0) is 30.4. The number of thiophene rings is 1. The highest BCUT2D eigenvalue weighted by Crippen LogP contribution is 2.43. The zero-order valence-corrected chi connectivity index (χ0v) is 25.4. The number of rotatable bonds is 2. The summed E-state index contributed by atoms with van der Waals surface area (Å²) in [5.41, 5.74) is 5.99. The van der Waals surface area contributed by atoms with Gasteiger partial charge in [-0.15, -0.1) is 11.3 Å². The summed E-state index contributed by atoms with van der Waals surface area (Å²) >= 11 is 1.74. The summed E-state index contributed by atoms with van der Waals surface area (Å²) in [6.07, 6.45) is 0. The van der Waals surface area contributed by atoms with Crippen molar-refractivity contribution in [2.75, 3.05) is 0 Å². The number of hydrogen-bond acceptors (Lipinski definition) is 3. The fraction of sp³-hybridized carbons (Fsp3) is 0. The van der Waals surface area contributed by atoms with E-state index < -0.39 is 0 Å². The smallest absolute Gasteiger partial charge is 0.200 e. The second-order valence-electron chi connectivity index (χ2n) is 12.0. The topological polar surface area (TPSA) is 30.2 Å². The van der Waals surface area contributed by atoms with E-state index in [0.29, 0.717) is 21.9 Å². The molecule has 0 aliphatic rings. The first kappa shape index (κ1) is 25.5. The SMILES string of the molecule is O=c1c2ccccc2oc2cc3c(cc12)sc1c(-c2cccc(-c4ccc5c6ccccc6c6ccccc6c5c4)c2)cccc13. The second kappa shape index (κ2) is 9.61. The van der Waals surface area contributed by atoms with Gasteiger partial charge < -0.3 is 4.42 Å². The maximum absolute atomic E-state index is 13.4. The highest BCUT2D eigenvalue weighted by atomic mass is 32.1. The molecule has 0 bridgehead atoms. The molecule has 0 aliphatic heterocycles. The summed E-state index contributed by atoms with van der Waals surface area (Å²) in [6.45, 7) is 0. The van der Waals surface area contributed by atoms with Crippen LogP contribution in [0, 0.1) is 0 Å². The molecule has 0 amide bonds. The van der Waals surface area contributed by atoms with Crippen molar-refractivity contribution in [1.82, 2.24) is 0 Å². The quantitative estimate of drug-likeness (QED) is 0.145. The van der Waals surface area contributed by atoms with Gasteiger partial charge in [0, 0.05) is 20.2 Å². The van der Waals surface area contributed by atoms with E-state index in [1.807, 2.05) is 36.4 Å². The van der Waals surface area contributed by atoms with Gasteiger partial charge in [0.1, 0.15) is 11.2 Å². The summed E-state index contributed by atoms with van der Waals surface area (Å²) in [6, 6.07) is 51.2. The first-order valence-electron chi connectivity index (χ1n) is 15.5. The fourth-order valence-electron chi connectivity index (χ4n) is 7.27. The van der Waals surface area contributed by atoms with Crippen LogP contribution in [0.2, 0.25) is 0 Å². The first-order valence-corrected chi connectivity index (χ1v) is 16.3. The Morgan fingerprint density at radius 3 is 1.78 bits per heavy atom. The van der Waals surface area contributed by atoms with E-state index >= 15 is 0 Å². The molecule has 2 nitrogen and oxygen atoms in total. The van der Waals surface area contributed by atoms with Gasteiger partial charge in [-0.3, -0.25) is 4.79 Å². The molecule has 0 fully saturated rings. The second-order valence-corrected chi connectivity index (χ2v) is 13.0. The third-order valence-corrected chi connectivity index (χ3v) is 10.6. The van der Waals surface area contributed by atoms with Crippen LogP contribution in [-0.2, 0) is 0 Å². The van der Waals surface area contributed by atoms with Crippen LogP contribution in [0.15, 0.2) is 155 Å². The zero-order valence-electron chi connectivity index (χ0n) is 24.6. The summed E-state index contributed by atoms with van der Waals surface area (Å²) < 4.78 is 8.51. The van der Waals surface area contributed by atoms with Crippen molar-refractivity contribution in [1.29, 1.82) is 0 Å². The lowest BCUT2D eigenvalue weighted by Gasteiger charge is -2.12. The van der Waals surface area contributed by atoms with Crippen LogP contribution in [0.25, 0.3) is 96.7 Å². The molecule has 3 heteroatoms. The van der Waals surface area contributed by atoms with E-state index in [-0.39, 0.29) is 5.43 Å². The summed E-state index contributed by atoms with van der Waals surface area (Å²) in [7, 11) is 0. The Morgan fingerprint density at radius 2 is 1.00 bits per heavy atom. The van der Waals surface area contributed by atoms with Crippen molar-refractivity contribution in [3.8, 4) is 22.3 Å². The summed E-state index contributed by atoms with van der Waals surface area (Å²) in [5.74, 6) is 0. The van der Waals surface area contributed by atoms with Gasteiger partial charge in [0.15, 0.2) is 0 Å². The third kappa shape index (κ3) is 3.67. The van der Waals surface area contributed by atoms with Gasteiger partial charge in [-0.1, -0.05) is 109 Å². The van der Waals surface area contributed by atoms with Gasteiger partial charge in [0.05, 0.1) is 10.8 Å². The van der Waals surface area contributed by atoms with Crippen molar-refractivity contribution >= 4 is 85.8 Å². The van der Waals surface area contributed by atoms with E-state index in [2.05, 4.69) is 109 Å². The lowest BCUT2D eigenvalue weighted by atomic mass is 9.91. The Bertz CT molecular complexity index is 2910. The van der Waals surface area contributed by atoms with Crippen LogP contribution in [0.4, 0.5) is 0 Å². The Balaban J connectivity index is 1.16. The molecule has 0 N–H and O–H groups in total. The summed E-state index contributed by atoms with van der Waals surface area (Å²) in [5, 5.41) is 11.2. The molecule has 0 aliphatic carbocycles. The molecule has 0 saturated heterocycles. The molecule has 10 aromatic rings. The monoisotopic (exact) mass is 604 g/mol. The number of hydrogen-bond donors (Lipinski definition) is 0. The van der Waals surface area contributed by atoms with Gasteiger partial charge in [0.25, 0.3) is 0 Å². The number of fused-ring (bicyclic) bond motifs is 11. The van der Waals surface area contributed by atoms with Crippen LogP contribution in [-0.4, -0.2) is 0 Å². The lowest BCUT2D eigenvalue weighted by Crippen LogP contribution is -2.01. The molecule has 0 atom stereocenters. The molecule has 0 unspecified atom stereocenters. The molecule has 10 rings (SSSR count). The first-order chi connectivity index (χ1) is 22.7. The predicted molar refractivity (Wildman–Crippen MR) is 196 cm³/mol. The fourth-order valence-corrected chi connectivity index (χ4v) is 8.53. The normalized spacial score (nSPS) is 12.0. The van der Waals surface area contributed by atoms with E-state index in [9.17, 15) is 4.79 Å². The van der Waals surface area contributed by atoms with Gasteiger partial charge >= 0.3 is 0 Å². The van der Waals surface area contributed by atoms with Crippen LogP contribution in [0.1, 0.15) is 0 Å². The Kier molecular flexibility index (Phi) is 5.34. The molecule has 2 aromatic heterocycles. The minimum Gasteiger partial charge on any atom is -0.456 e. The van der Waals surface area contributed by atoms with Gasteiger partial charge in [0.2, 0.25) is 5.43 Å². The Hall–Kier alpha value is -5.77. The molecule has 46 heavy (non-hydrogen) atoms. The van der Waals surface area contributed by atoms with Gasteiger partial charge in [-0.2, -0.15) is 0 Å². The third-order valence-electron chi connectivity index (χ3n) is 9.45. The van der Waals surface area contributed by atoms with Crippen molar-refractivity contribution < 1.29 is 4.42 Å². The van der Waals surface area contributed by atoms with Gasteiger partial charge in [-0.05, 0) is 91.0 Å². The highest BCUT2D eigenvalue weighted by Gasteiger charge is 2.16. The van der Waals surface area contributed by atoms with E-state index in [4.69, 9.17) is 4.42 Å². The maximum Gasteiger partial charge on any atom is 0.200 e. The summed E-state index contributed by atoms with van der Waals surface area (Å²) in [4.78, 5) is 13.4. The van der Waals surface area contributed by atoms with Crippen molar-refractivity contribution in [2.24, 2.45) is 0 Å². The highest BCUT2D eigenvalue weighted by molar-refractivity contribution is 7.26. The van der Waals surface area contributed by atoms with Crippen LogP contribution in [0.5, 0.6) is 0 Å². The number of para-hydroxylation sites is 1. The largest absolute Gasteiger partial charge is 0.456 e. The van der Waals surface area contributed by atoms with E-state index in [1.165, 1.54) is 64.7 Å². The Morgan fingerprint density at radius 1 is 0.391 bits per heavy atom. The molecule has 0 saturated carbocycles. The average Bonchev–Trinajstić information content (AvgIpc) is 3.49. The van der Waals surface area contributed by atoms with Crippen LogP contribution >= 0.6 is 11.3 Å². The minimum atomic E-state index is 0.0142.